The van der Waals surface area contributed by atoms with Crippen molar-refractivity contribution in [1.29, 1.82) is 0 Å². The average molecular weight is 578 g/mol. The lowest BCUT2D eigenvalue weighted by molar-refractivity contribution is 0.497. The van der Waals surface area contributed by atoms with Gasteiger partial charge in [0.1, 0.15) is 11.6 Å². The van der Waals surface area contributed by atoms with Crippen LogP contribution in [0.15, 0.2) is 103 Å². The summed E-state index contributed by atoms with van der Waals surface area (Å²) in [5, 5.41) is 5.27. The summed E-state index contributed by atoms with van der Waals surface area (Å²) in [6, 6.07) is 37.4. The first-order chi connectivity index (χ1) is 20.6. The third-order valence-corrected chi connectivity index (χ3v) is 9.20. The van der Waals surface area contributed by atoms with Crippen molar-refractivity contribution in [3.05, 3.63) is 115 Å². The zero-order valence-electron chi connectivity index (χ0n) is 25.6. The summed E-state index contributed by atoms with van der Waals surface area (Å²) in [6.07, 6.45) is 0. The van der Waals surface area contributed by atoms with Gasteiger partial charge in [-0.1, -0.05) is 126 Å². The van der Waals surface area contributed by atoms with Gasteiger partial charge in [-0.2, -0.15) is 0 Å². The van der Waals surface area contributed by atoms with Gasteiger partial charge >= 0.3 is 0 Å². The summed E-state index contributed by atoms with van der Waals surface area (Å²) >= 11 is 1.88. The SMILES string of the molecule is CC(C)(C)c1nc(-c2cccc(-c3cccc(-c4cccc5c4sc4ccc6ccccc6c45)c3)c2)nc(C(C)(C)C)n1. The van der Waals surface area contributed by atoms with Gasteiger partial charge in [0.2, 0.25) is 0 Å². The van der Waals surface area contributed by atoms with Crippen LogP contribution in [0, 0.1) is 0 Å². The Kier molecular flexibility index (Phi) is 6.44. The van der Waals surface area contributed by atoms with Crippen LogP contribution in [0.3, 0.4) is 0 Å². The van der Waals surface area contributed by atoms with E-state index in [1.54, 1.807) is 0 Å². The van der Waals surface area contributed by atoms with E-state index in [-0.39, 0.29) is 10.8 Å². The Balaban J connectivity index is 1.33. The largest absolute Gasteiger partial charge is 0.217 e. The van der Waals surface area contributed by atoms with E-state index in [2.05, 4.69) is 145 Å². The Hall–Kier alpha value is -4.41. The molecule has 0 aliphatic heterocycles. The molecule has 212 valence electrons. The number of rotatable bonds is 3. The van der Waals surface area contributed by atoms with Crippen molar-refractivity contribution < 1.29 is 0 Å². The molecule has 0 aliphatic carbocycles. The smallest absolute Gasteiger partial charge is 0.163 e. The lowest BCUT2D eigenvalue weighted by Gasteiger charge is -2.22. The van der Waals surface area contributed by atoms with Crippen LogP contribution in [0.25, 0.3) is 64.6 Å². The molecular weight excluding hydrogens is 543 g/mol. The molecule has 0 bridgehead atoms. The second-order valence-electron chi connectivity index (χ2n) is 13.4. The highest BCUT2D eigenvalue weighted by molar-refractivity contribution is 7.26. The molecule has 5 aromatic carbocycles. The number of fused-ring (bicyclic) bond motifs is 5. The van der Waals surface area contributed by atoms with Gasteiger partial charge in [-0.05, 0) is 51.2 Å². The van der Waals surface area contributed by atoms with Crippen molar-refractivity contribution >= 4 is 42.3 Å². The van der Waals surface area contributed by atoms with Crippen molar-refractivity contribution in [2.24, 2.45) is 0 Å². The zero-order valence-corrected chi connectivity index (χ0v) is 26.4. The first-order valence-electron chi connectivity index (χ1n) is 14.9. The summed E-state index contributed by atoms with van der Waals surface area (Å²) in [7, 11) is 0. The minimum absolute atomic E-state index is 0.177. The van der Waals surface area contributed by atoms with Gasteiger partial charge in [0.25, 0.3) is 0 Å². The summed E-state index contributed by atoms with van der Waals surface area (Å²) in [5.74, 6) is 2.36. The van der Waals surface area contributed by atoms with Gasteiger partial charge in [0.15, 0.2) is 5.82 Å². The lowest BCUT2D eigenvalue weighted by Crippen LogP contribution is -2.24. The fourth-order valence-electron chi connectivity index (χ4n) is 5.68. The number of aromatic nitrogens is 3. The summed E-state index contributed by atoms with van der Waals surface area (Å²) < 4.78 is 2.65. The number of hydrogen-bond acceptors (Lipinski definition) is 4. The summed E-state index contributed by atoms with van der Waals surface area (Å²) in [5.41, 5.74) is 5.44. The van der Waals surface area contributed by atoms with Crippen LogP contribution in [0.5, 0.6) is 0 Å². The van der Waals surface area contributed by atoms with Crippen LogP contribution in [-0.4, -0.2) is 15.0 Å². The summed E-state index contributed by atoms with van der Waals surface area (Å²) in [4.78, 5) is 14.8. The fraction of sp³-hybridized carbons (Fsp3) is 0.205. The van der Waals surface area contributed by atoms with E-state index >= 15 is 0 Å². The minimum atomic E-state index is -0.177. The molecule has 0 saturated heterocycles. The standard InChI is InChI=1S/C39H35N3S/c1-38(2,3)36-40-35(41-37(42-36)39(4,5)6)28-16-10-14-26(23-28)25-13-9-15-27(22-25)30-18-11-19-31-33-29-17-8-7-12-24(29)20-21-32(33)43-34(30)31/h7-23H,1-6H3. The molecule has 3 nitrogen and oxygen atoms in total. The Labute approximate surface area is 257 Å². The van der Waals surface area contributed by atoms with Crippen molar-refractivity contribution in [2.75, 3.05) is 0 Å². The zero-order chi connectivity index (χ0) is 29.9. The van der Waals surface area contributed by atoms with Gasteiger partial charge in [-0.25, -0.2) is 15.0 Å². The molecule has 0 atom stereocenters. The van der Waals surface area contributed by atoms with Gasteiger partial charge in [0.05, 0.1) is 0 Å². The molecule has 4 heteroatoms. The molecule has 2 heterocycles. The Morgan fingerprint density at radius 2 is 1.09 bits per heavy atom. The normalized spacial score (nSPS) is 12.4. The topological polar surface area (TPSA) is 38.7 Å². The van der Waals surface area contributed by atoms with Crippen LogP contribution in [0.4, 0.5) is 0 Å². The minimum Gasteiger partial charge on any atom is -0.217 e. The van der Waals surface area contributed by atoms with E-state index < -0.39 is 0 Å². The second kappa shape index (κ2) is 10.1. The highest BCUT2D eigenvalue weighted by Gasteiger charge is 2.25. The van der Waals surface area contributed by atoms with E-state index in [9.17, 15) is 0 Å². The van der Waals surface area contributed by atoms with Crippen LogP contribution in [0.1, 0.15) is 53.2 Å². The molecule has 0 N–H and O–H groups in total. The van der Waals surface area contributed by atoms with Crippen molar-refractivity contribution in [3.8, 4) is 33.6 Å². The van der Waals surface area contributed by atoms with E-state index in [0.717, 1.165) is 28.6 Å². The molecule has 43 heavy (non-hydrogen) atoms. The number of nitrogens with zero attached hydrogens (tertiary/aromatic N) is 3. The molecule has 0 radical (unpaired) electrons. The van der Waals surface area contributed by atoms with Gasteiger partial charge < -0.3 is 0 Å². The molecule has 0 saturated carbocycles. The monoisotopic (exact) mass is 577 g/mol. The first kappa shape index (κ1) is 27.4. The van der Waals surface area contributed by atoms with Crippen LogP contribution in [-0.2, 0) is 10.8 Å². The van der Waals surface area contributed by atoms with Crippen LogP contribution >= 0.6 is 11.3 Å². The number of hydrogen-bond donors (Lipinski definition) is 0. The molecule has 7 aromatic rings. The highest BCUT2D eigenvalue weighted by atomic mass is 32.1. The van der Waals surface area contributed by atoms with Gasteiger partial charge in [-0.15, -0.1) is 11.3 Å². The Morgan fingerprint density at radius 3 is 1.79 bits per heavy atom. The van der Waals surface area contributed by atoms with Gasteiger partial charge in [0, 0.05) is 36.6 Å². The maximum absolute atomic E-state index is 4.94. The third kappa shape index (κ3) is 5.00. The van der Waals surface area contributed by atoms with Crippen LogP contribution in [0.2, 0.25) is 0 Å². The van der Waals surface area contributed by atoms with E-state index in [1.165, 1.54) is 47.6 Å². The fourth-order valence-corrected chi connectivity index (χ4v) is 6.93. The Bertz CT molecular complexity index is 2130. The lowest BCUT2D eigenvalue weighted by atomic mass is 9.92. The molecule has 7 rings (SSSR count). The van der Waals surface area contributed by atoms with E-state index in [4.69, 9.17) is 15.0 Å². The van der Waals surface area contributed by atoms with Crippen LogP contribution < -0.4 is 0 Å². The molecule has 2 aromatic heterocycles. The number of thiophene rings is 1. The molecular formula is C39H35N3S. The molecule has 0 amide bonds. The predicted molar refractivity (Wildman–Crippen MR) is 184 cm³/mol. The van der Waals surface area contributed by atoms with Crippen molar-refractivity contribution in [3.63, 3.8) is 0 Å². The molecule has 0 fully saturated rings. The Morgan fingerprint density at radius 1 is 0.512 bits per heavy atom. The van der Waals surface area contributed by atoms with Crippen molar-refractivity contribution in [2.45, 2.75) is 52.4 Å². The maximum Gasteiger partial charge on any atom is 0.163 e. The average Bonchev–Trinajstić information content (AvgIpc) is 3.40. The molecule has 0 spiro atoms. The van der Waals surface area contributed by atoms with E-state index in [1.807, 2.05) is 11.3 Å². The third-order valence-electron chi connectivity index (χ3n) is 7.99. The molecule has 0 aliphatic rings. The quantitative estimate of drug-likeness (QED) is 0.210. The summed E-state index contributed by atoms with van der Waals surface area (Å²) in [6.45, 7) is 12.9. The first-order valence-corrected chi connectivity index (χ1v) is 15.7. The second-order valence-corrected chi connectivity index (χ2v) is 14.5. The van der Waals surface area contributed by atoms with Gasteiger partial charge in [-0.3, -0.25) is 0 Å². The maximum atomic E-state index is 4.94. The highest BCUT2D eigenvalue weighted by Crippen LogP contribution is 2.43. The number of benzene rings is 5. The molecule has 0 unspecified atom stereocenters. The predicted octanol–water partition coefficient (Wildman–Crippen LogP) is 11.0. The van der Waals surface area contributed by atoms with Crippen molar-refractivity contribution in [1.82, 2.24) is 15.0 Å². The van der Waals surface area contributed by atoms with E-state index in [0.29, 0.717) is 0 Å².